The van der Waals surface area contributed by atoms with Gasteiger partial charge in [0.05, 0.1) is 0 Å². The van der Waals surface area contributed by atoms with Crippen molar-refractivity contribution >= 4 is 11.2 Å². The van der Waals surface area contributed by atoms with Gasteiger partial charge >= 0.3 is 0 Å². The molecule has 2 heterocycles. The van der Waals surface area contributed by atoms with Crippen molar-refractivity contribution in [2.45, 2.75) is 27.2 Å². The van der Waals surface area contributed by atoms with Gasteiger partial charge in [-0.15, -0.1) is 0 Å². The monoisotopic (exact) mass is 178 g/mol. The third-order valence-corrected chi connectivity index (χ3v) is 1.68. The fraction of sp³-hybridized carbons (Fsp3) is 0.400. The fourth-order valence-electron chi connectivity index (χ4n) is 1.03. The molecule has 0 aliphatic heterocycles. The molecule has 0 fully saturated rings. The Balaban J connectivity index is 0.000000845. The van der Waals surface area contributed by atoms with Gasteiger partial charge in [-0.2, -0.15) is 4.98 Å². The van der Waals surface area contributed by atoms with Crippen molar-refractivity contribution in [3.05, 3.63) is 24.2 Å². The molecular weight excluding hydrogens is 164 g/mol. The van der Waals surface area contributed by atoms with Crippen LogP contribution in [0.25, 0.3) is 11.2 Å². The normalized spacial score (nSPS) is 10.4. The van der Waals surface area contributed by atoms with Crippen LogP contribution in [0.15, 0.2) is 22.7 Å². The number of aromatic nitrogens is 2. The van der Waals surface area contributed by atoms with Crippen LogP contribution in [0.5, 0.6) is 0 Å². The summed E-state index contributed by atoms with van der Waals surface area (Å²) in [6, 6.07) is 3.72. The highest BCUT2D eigenvalue weighted by Crippen LogP contribution is 2.18. The molecule has 3 nitrogen and oxygen atoms in total. The van der Waals surface area contributed by atoms with Crippen molar-refractivity contribution in [1.29, 1.82) is 0 Å². The molecule has 13 heavy (non-hydrogen) atoms. The first-order valence-corrected chi connectivity index (χ1v) is 3.99. The zero-order chi connectivity index (χ0) is 8.55. The van der Waals surface area contributed by atoms with Gasteiger partial charge in [-0.25, -0.2) is 4.98 Å². The highest BCUT2D eigenvalue weighted by molar-refractivity contribution is 5.66. The van der Waals surface area contributed by atoms with Crippen molar-refractivity contribution in [2.24, 2.45) is 0 Å². The summed E-state index contributed by atoms with van der Waals surface area (Å²) in [6.07, 6.45) is 1.72. The van der Waals surface area contributed by atoms with E-state index in [9.17, 15) is 0 Å². The minimum absolute atomic E-state index is 0. The molecule has 3 heteroatoms. The number of hydrogen-bond acceptors (Lipinski definition) is 3. The SMILES string of the molecule is C.CC(C)c1nc2ncccc2o1. The molecule has 0 unspecified atom stereocenters. The number of nitrogens with zero attached hydrogens (tertiary/aromatic N) is 2. The summed E-state index contributed by atoms with van der Waals surface area (Å²) in [5.41, 5.74) is 1.46. The summed E-state index contributed by atoms with van der Waals surface area (Å²) in [4.78, 5) is 8.31. The van der Waals surface area contributed by atoms with E-state index in [0.29, 0.717) is 11.6 Å². The van der Waals surface area contributed by atoms with Crippen molar-refractivity contribution in [2.75, 3.05) is 0 Å². The Bertz CT molecular complexity index is 359. The minimum atomic E-state index is 0. The molecule has 0 saturated carbocycles. The van der Waals surface area contributed by atoms with Gasteiger partial charge in [-0.3, -0.25) is 0 Å². The summed E-state index contributed by atoms with van der Waals surface area (Å²) in [6.45, 7) is 4.09. The molecule has 2 rings (SSSR count). The van der Waals surface area contributed by atoms with Crippen LogP contribution in [-0.4, -0.2) is 9.97 Å². The largest absolute Gasteiger partial charge is 0.439 e. The van der Waals surface area contributed by atoms with Crippen molar-refractivity contribution < 1.29 is 4.42 Å². The molecule has 70 valence electrons. The molecule has 0 aromatic carbocycles. The summed E-state index contributed by atoms with van der Waals surface area (Å²) in [5.74, 6) is 1.07. The molecule has 2 aromatic rings. The Kier molecular flexibility index (Phi) is 2.66. The van der Waals surface area contributed by atoms with Crippen LogP contribution >= 0.6 is 0 Å². The summed E-state index contributed by atoms with van der Waals surface area (Å²) in [5, 5.41) is 0. The summed E-state index contributed by atoms with van der Waals surface area (Å²) < 4.78 is 5.46. The maximum Gasteiger partial charge on any atom is 0.199 e. The topological polar surface area (TPSA) is 38.9 Å². The molecule has 0 bridgehead atoms. The second kappa shape index (κ2) is 3.56. The quantitative estimate of drug-likeness (QED) is 0.673. The third-order valence-electron chi connectivity index (χ3n) is 1.68. The molecule has 2 aromatic heterocycles. The third kappa shape index (κ3) is 1.69. The second-order valence-corrected chi connectivity index (χ2v) is 3.03. The van der Waals surface area contributed by atoms with E-state index in [-0.39, 0.29) is 7.43 Å². The number of fused-ring (bicyclic) bond motifs is 1. The van der Waals surface area contributed by atoms with Gasteiger partial charge in [0.2, 0.25) is 0 Å². The van der Waals surface area contributed by atoms with Crippen molar-refractivity contribution in [1.82, 2.24) is 9.97 Å². The average Bonchev–Trinajstić information content (AvgIpc) is 2.46. The van der Waals surface area contributed by atoms with Crippen LogP contribution in [-0.2, 0) is 0 Å². The van der Waals surface area contributed by atoms with Crippen LogP contribution in [0, 0.1) is 0 Å². The zero-order valence-electron chi connectivity index (χ0n) is 7.11. The first-order valence-electron chi connectivity index (χ1n) is 3.99. The van der Waals surface area contributed by atoms with E-state index < -0.39 is 0 Å². The molecule has 0 aliphatic rings. The first-order chi connectivity index (χ1) is 5.77. The van der Waals surface area contributed by atoms with Gasteiger partial charge in [0.25, 0.3) is 0 Å². The number of pyridine rings is 1. The highest BCUT2D eigenvalue weighted by atomic mass is 16.3. The molecule has 0 spiro atoms. The zero-order valence-corrected chi connectivity index (χ0v) is 7.11. The van der Waals surface area contributed by atoms with Crippen LogP contribution in [0.2, 0.25) is 0 Å². The molecule has 0 N–H and O–H groups in total. The molecule has 0 aliphatic carbocycles. The Labute approximate surface area is 77.8 Å². The first kappa shape index (κ1) is 9.71. The predicted molar refractivity (Wildman–Crippen MR) is 52.6 cm³/mol. The molecule has 0 saturated heterocycles. The summed E-state index contributed by atoms with van der Waals surface area (Å²) in [7, 11) is 0. The maximum absolute atomic E-state index is 5.46. The minimum Gasteiger partial charge on any atom is -0.439 e. The van der Waals surface area contributed by atoms with Crippen LogP contribution < -0.4 is 0 Å². The number of oxazole rings is 1. The molecule has 0 amide bonds. The smallest absolute Gasteiger partial charge is 0.199 e. The molecular formula is C10H14N2O. The van der Waals surface area contributed by atoms with E-state index >= 15 is 0 Å². The van der Waals surface area contributed by atoms with Gasteiger partial charge in [0, 0.05) is 12.1 Å². The Morgan fingerprint density at radius 3 is 2.77 bits per heavy atom. The highest BCUT2D eigenvalue weighted by Gasteiger charge is 2.08. The van der Waals surface area contributed by atoms with Gasteiger partial charge in [-0.05, 0) is 12.1 Å². The van der Waals surface area contributed by atoms with E-state index in [1.165, 1.54) is 0 Å². The lowest BCUT2D eigenvalue weighted by atomic mass is 10.2. The van der Waals surface area contributed by atoms with Crippen molar-refractivity contribution in [3.8, 4) is 0 Å². The molecule has 0 radical (unpaired) electrons. The Morgan fingerprint density at radius 2 is 2.15 bits per heavy atom. The van der Waals surface area contributed by atoms with E-state index in [1.54, 1.807) is 6.20 Å². The average molecular weight is 178 g/mol. The lowest BCUT2D eigenvalue weighted by molar-refractivity contribution is 0.501. The maximum atomic E-state index is 5.46. The lowest BCUT2D eigenvalue weighted by Crippen LogP contribution is -1.85. The lowest BCUT2D eigenvalue weighted by Gasteiger charge is -1.93. The van der Waals surface area contributed by atoms with Gasteiger partial charge in [0.1, 0.15) is 0 Å². The van der Waals surface area contributed by atoms with Crippen LogP contribution in [0.1, 0.15) is 33.1 Å². The van der Waals surface area contributed by atoms with Crippen LogP contribution in [0.3, 0.4) is 0 Å². The second-order valence-electron chi connectivity index (χ2n) is 3.03. The van der Waals surface area contributed by atoms with E-state index in [2.05, 4.69) is 9.97 Å². The Morgan fingerprint density at radius 1 is 1.38 bits per heavy atom. The van der Waals surface area contributed by atoms with Crippen molar-refractivity contribution in [3.63, 3.8) is 0 Å². The number of hydrogen-bond donors (Lipinski definition) is 0. The van der Waals surface area contributed by atoms with Gasteiger partial charge < -0.3 is 4.42 Å². The van der Waals surface area contributed by atoms with Gasteiger partial charge in [-0.1, -0.05) is 21.3 Å². The van der Waals surface area contributed by atoms with E-state index in [4.69, 9.17) is 4.42 Å². The van der Waals surface area contributed by atoms with E-state index in [1.807, 2.05) is 26.0 Å². The van der Waals surface area contributed by atoms with Crippen LogP contribution in [0.4, 0.5) is 0 Å². The Hall–Kier alpha value is -1.38. The molecule has 0 atom stereocenters. The predicted octanol–water partition coefficient (Wildman–Crippen LogP) is 2.98. The summed E-state index contributed by atoms with van der Waals surface area (Å²) >= 11 is 0. The fourth-order valence-corrected chi connectivity index (χ4v) is 1.03. The van der Waals surface area contributed by atoms with E-state index in [0.717, 1.165) is 11.5 Å². The number of rotatable bonds is 1. The van der Waals surface area contributed by atoms with Gasteiger partial charge in [0.15, 0.2) is 17.1 Å². The standard InChI is InChI=1S/C9H10N2O.CH4/c1-6(2)9-11-8-7(12-9)4-3-5-10-8;/h3-6H,1-2H3;1H4.